The van der Waals surface area contributed by atoms with Crippen molar-refractivity contribution < 1.29 is 31.1 Å². The van der Waals surface area contributed by atoms with E-state index in [1.165, 1.54) is 0 Å². The smallest absolute Gasteiger partial charge is 0.250 e. The summed E-state index contributed by atoms with van der Waals surface area (Å²) in [6.07, 6.45) is 0.736. The lowest BCUT2D eigenvalue weighted by molar-refractivity contribution is 0.368. The molecule has 0 saturated carbocycles. The predicted molar refractivity (Wildman–Crippen MR) is 56.0 cm³/mol. The number of methoxy groups -OCH3 is 1. The van der Waals surface area contributed by atoms with Crippen LogP contribution < -0.4 is 4.74 Å². The van der Waals surface area contributed by atoms with Gasteiger partial charge in [0.15, 0.2) is 29.1 Å². The number of nitrogens with zero attached hydrogens (tertiary/aromatic N) is 1. The van der Waals surface area contributed by atoms with Gasteiger partial charge >= 0.3 is 0 Å². The molecule has 2 nitrogen and oxygen atoms in total. The van der Waals surface area contributed by atoms with E-state index in [1.807, 2.05) is 0 Å². The molecule has 0 fully saturated rings. The second-order valence-corrected chi connectivity index (χ2v) is 3.66. The zero-order chi connectivity index (χ0) is 15.0. The molecule has 0 aliphatic rings. The molecule has 0 bridgehead atoms. The molecule has 0 saturated heterocycles. The second-order valence-electron chi connectivity index (χ2n) is 3.66. The molecule has 106 valence electrons. The number of benzene rings is 1. The quantitative estimate of drug-likeness (QED) is 0.479. The molecule has 8 heteroatoms. The molecule has 0 aliphatic carbocycles. The summed E-state index contributed by atoms with van der Waals surface area (Å²) < 4.78 is 83.8. The molecule has 2 rings (SSSR count). The maximum absolute atomic E-state index is 13.5. The van der Waals surface area contributed by atoms with Gasteiger partial charge in [-0.15, -0.1) is 0 Å². The molecule has 1 aromatic carbocycles. The Morgan fingerprint density at radius 2 is 1.35 bits per heavy atom. The van der Waals surface area contributed by atoms with Crippen molar-refractivity contribution in [3.8, 4) is 17.0 Å². The molecule has 0 radical (unpaired) electrons. The Morgan fingerprint density at radius 1 is 0.850 bits per heavy atom. The van der Waals surface area contributed by atoms with Crippen LogP contribution in [0.25, 0.3) is 11.1 Å². The standard InChI is InChI=1S/C12H5F6NO/c1-20-12-5(13)2-4(3-19-12)6-7(14)9(16)11(18)10(17)8(6)15/h2-3H,1H3. The predicted octanol–water partition coefficient (Wildman–Crippen LogP) is 3.59. The van der Waals surface area contributed by atoms with Crippen molar-refractivity contribution >= 4 is 0 Å². The maximum Gasteiger partial charge on any atom is 0.250 e. The number of halogens is 6. The molecular formula is C12H5F6NO. The van der Waals surface area contributed by atoms with Gasteiger partial charge in [0.05, 0.1) is 12.7 Å². The van der Waals surface area contributed by atoms with Gasteiger partial charge in [-0.05, 0) is 6.07 Å². The minimum absolute atomic E-state index is 0.474. The highest BCUT2D eigenvalue weighted by atomic mass is 19.2. The molecule has 0 N–H and O–H groups in total. The van der Waals surface area contributed by atoms with E-state index in [0.717, 1.165) is 13.3 Å². The van der Waals surface area contributed by atoms with E-state index in [9.17, 15) is 26.3 Å². The van der Waals surface area contributed by atoms with Crippen molar-refractivity contribution in [1.29, 1.82) is 0 Å². The monoisotopic (exact) mass is 293 g/mol. The zero-order valence-corrected chi connectivity index (χ0v) is 9.78. The summed E-state index contributed by atoms with van der Waals surface area (Å²) in [6, 6.07) is 0.560. The van der Waals surface area contributed by atoms with Gasteiger partial charge in [-0.25, -0.2) is 31.3 Å². The highest BCUT2D eigenvalue weighted by Crippen LogP contribution is 2.32. The molecule has 0 atom stereocenters. The Morgan fingerprint density at radius 3 is 1.80 bits per heavy atom. The fourth-order valence-electron chi connectivity index (χ4n) is 1.57. The van der Waals surface area contributed by atoms with Crippen LogP contribution in [-0.4, -0.2) is 12.1 Å². The van der Waals surface area contributed by atoms with Gasteiger partial charge in [0, 0.05) is 11.8 Å². The fourth-order valence-corrected chi connectivity index (χ4v) is 1.57. The van der Waals surface area contributed by atoms with Crippen LogP contribution in [0, 0.1) is 34.9 Å². The number of pyridine rings is 1. The van der Waals surface area contributed by atoms with Gasteiger partial charge in [0.2, 0.25) is 11.7 Å². The Hall–Kier alpha value is -2.25. The molecule has 0 spiro atoms. The molecule has 2 aromatic rings. The maximum atomic E-state index is 13.5. The van der Waals surface area contributed by atoms with E-state index in [-0.39, 0.29) is 0 Å². The Balaban J connectivity index is 2.73. The van der Waals surface area contributed by atoms with Gasteiger partial charge in [0.25, 0.3) is 0 Å². The van der Waals surface area contributed by atoms with Crippen LogP contribution in [0.1, 0.15) is 0 Å². The van der Waals surface area contributed by atoms with Crippen molar-refractivity contribution in [1.82, 2.24) is 4.98 Å². The summed E-state index contributed by atoms with van der Waals surface area (Å²) in [7, 11) is 1.10. The van der Waals surface area contributed by atoms with Crippen LogP contribution in [0.4, 0.5) is 26.3 Å². The first-order valence-electron chi connectivity index (χ1n) is 5.09. The summed E-state index contributed by atoms with van der Waals surface area (Å²) >= 11 is 0. The Kier molecular flexibility index (Phi) is 3.56. The summed E-state index contributed by atoms with van der Waals surface area (Å²) in [6.45, 7) is 0. The van der Waals surface area contributed by atoms with Crippen LogP contribution in [0.3, 0.4) is 0 Å². The Labute approximate surface area is 108 Å². The third-order valence-electron chi connectivity index (χ3n) is 2.50. The topological polar surface area (TPSA) is 22.1 Å². The van der Waals surface area contributed by atoms with Crippen LogP contribution >= 0.6 is 0 Å². The average molecular weight is 293 g/mol. The fraction of sp³-hybridized carbons (Fsp3) is 0.0833. The lowest BCUT2D eigenvalue weighted by Crippen LogP contribution is -2.04. The number of aromatic nitrogens is 1. The summed E-state index contributed by atoms with van der Waals surface area (Å²) in [5, 5.41) is 0. The highest BCUT2D eigenvalue weighted by molar-refractivity contribution is 5.65. The number of hydrogen-bond donors (Lipinski definition) is 0. The van der Waals surface area contributed by atoms with Crippen molar-refractivity contribution in [2.24, 2.45) is 0 Å². The van der Waals surface area contributed by atoms with E-state index < -0.39 is 51.9 Å². The zero-order valence-electron chi connectivity index (χ0n) is 9.78. The number of ether oxygens (including phenoxy) is 1. The average Bonchev–Trinajstić information content (AvgIpc) is 2.43. The molecule has 0 unspecified atom stereocenters. The van der Waals surface area contributed by atoms with Gasteiger partial charge in [-0.2, -0.15) is 0 Å². The van der Waals surface area contributed by atoms with E-state index in [1.54, 1.807) is 0 Å². The Bertz CT molecular complexity index is 659. The second kappa shape index (κ2) is 5.03. The third kappa shape index (κ3) is 2.06. The molecule has 1 heterocycles. The lowest BCUT2D eigenvalue weighted by atomic mass is 10.1. The molecule has 1 aromatic heterocycles. The molecule has 20 heavy (non-hydrogen) atoms. The summed E-state index contributed by atoms with van der Waals surface area (Å²) in [5.41, 5.74) is -1.86. The van der Waals surface area contributed by atoms with Crippen molar-refractivity contribution in [3.05, 3.63) is 47.2 Å². The van der Waals surface area contributed by atoms with E-state index in [0.29, 0.717) is 6.07 Å². The number of rotatable bonds is 2. The van der Waals surface area contributed by atoms with Crippen LogP contribution in [-0.2, 0) is 0 Å². The van der Waals surface area contributed by atoms with Crippen LogP contribution in [0.15, 0.2) is 12.3 Å². The SMILES string of the molecule is COc1ncc(-c2c(F)c(F)c(F)c(F)c2F)cc1F. The number of hydrogen-bond acceptors (Lipinski definition) is 2. The van der Waals surface area contributed by atoms with E-state index in [2.05, 4.69) is 9.72 Å². The summed E-state index contributed by atoms with van der Waals surface area (Å²) in [4.78, 5) is 3.37. The van der Waals surface area contributed by atoms with Crippen LogP contribution in [0.5, 0.6) is 5.88 Å². The summed E-state index contributed by atoms with van der Waals surface area (Å²) in [5.74, 6) is -12.2. The van der Waals surface area contributed by atoms with Gasteiger partial charge in [-0.3, -0.25) is 0 Å². The highest BCUT2D eigenvalue weighted by Gasteiger charge is 2.27. The van der Waals surface area contributed by atoms with Crippen molar-refractivity contribution in [2.75, 3.05) is 7.11 Å². The minimum atomic E-state index is -2.29. The van der Waals surface area contributed by atoms with E-state index in [4.69, 9.17) is 0 Å². The first kappa shape index (κ1) is 14.2. The first-order chi connectivity index (χ1) is 9.38. The van der Waals surface area contributed by atoms with Crippen molar-refractivity contribution in [3.63, 3.8) is 0 Å². The van der Waals surface area contributed by atoms with Crippen LogP contribution in [0.2, 0.25) is 0 Å². The third-order valence-corrected chi connectivity index (χ3v) is 2.50. The molecule has 0 amide bonds. The molecular weight excluding hydrogens is 288 g/mol. The van der Waals surface area contributed by atoms with Gasteiger partial charge < -0.3 is 4.74 Å². The van der Waals surface area contributed by atoms with Gasteiger partial charge in [0.1, 0.15) is 0 Å². The normalized spacial score (nSPS) is 10.8. The first-order valence-corrected chi connectivity index (χ1v) is 5.09. The van der Waals surface area contributed by atoms with E-state index >= 15 is 0 Å². The van der Waals surface area contributed by atoms with Gasteiger partial charge in [-0.1, -0.05) is 0 Å². The molecule has 0 aliphatic heterocycles. The minimum Gasteiger partial charge on any atom is -0.479 e. The largest absolute Gasteiger partial charge is 0.479 e. The van der Waals surface area contributed by atoms with Crippen molar-refractivity contribution in [2.45, 2.75) is 0 Å². The lowest BCUT2D eigenvalue weighted by Gasteiger charge is -2.09.